The van der Waals surface area contributed by atoms with E-state index in [4.69, 9.17) is 9.47 Å². The average molecular weight is 372 g/mol. The quantitative estimate of drug-likeness (QED) is 0.736. The molecule has 0 aromatic heterocycles. The van der Waals surface area contributed by atoms with Crippen molar-refractivity contribution in [2.75, 3.05) is 19.8 Å². The van der Waals surface area contributed by atoms with Crippen LogP contribution in [0.1, 0.15) is 70.9 Å². The molecule has 1 aliphatic carbocycles. The maximum Gasteiger partial charge on any atom is 0.226 e. The summed E-state index contributed by atoms with van der Waals surface area (Å²) in [5, 5.41) is 0. The molecule has 0 N–H and O–H groups in total. The minimum atomic E-state index is 0.189. The molecule has 1 amide bonds. The first-order valence-electron chi connectivity index (χ1n) is 10.6. The highest BCUT2D eigenvalue weighted by molar-refractivity contribution is 5.79. The maximum absolute atomic E-state index is 13.3. The Kier molecular flexibility index (Phi) is 5.09. The number of benzene rings is 1. The third-order valence-electron chi connectivity index (χ3n) is 6.79. The van der Waals surface area contributed by atoms with E-state index in [-0.39, 0.29) is 12.0 Å². The summed E-state index contributed by atoms with van der Waals surface area (Å²) in [5.41, 5.74) is 1.54. The molecule has 2 fully saturated rings. The highest BCUT2D eigenvalue weighted by Crippen LogP contribution is 2.43. The molecule has 27 heavy (non-hydrogen) atoms. The molecule has 3 aliphatic rings. The molecular weight excluding hydrogens is 338 g/mol. The Labute approximate surface area is 163 Å². The lowest BCUT2D eigenvalue weighted by atomic mass is 9.69. The lowest BCUT2D eigenvalue weighted by Gasteiger charge is -2.38. The van der Waals surface area contributed by atoms with Crippen molar-refractivity contribution in [3.63, 3.8) is 0 Å². The molecule has 4 nitrogen and oxygen atoms in total. The van der Waals surface area contributed by atoms with Crippen LogP contribution in [0.15, 0.2) is 18.2 Å². The largest absolute Gasteiger partial charge is 0.486 e. The second-order valence-corrected chi connectivity index (χ2v) is 9.51. The van der Waals surface area contributed by atoms with Gasteiger partial charge in [0.05, 0.1) is 6.04 Å². The van der Waals surface area contributed by atoms with E-state index in [2.05, 4.69) is 37.8 Å². The Bertz CT molecular complexity index is 685. The van der Waals surface area contributed by atoms with Gasteiger partial charge in [0, 0.05) is 12.5 Å². The van der Waals surface area contributed by atoms with Crippen LogP contribution in [0.2, 0.25) is 0 Å². The van der Waals surface area contributed by atoms with E-state index >= 15 is 0 Å². The fourth-order valence-electron chi connectivity index (χ4n) is 5.09. The minimum absolute atomic E-state index is 0.189. The molecule has 4 heteroatoms. The smallest absolute Gasteiger partial charge is 0.226 e. The molecule has 0 bridgehead atoms. The fourth-order valence-corrected chi connectivity index (χ4v) is 5.09. The highest BCUT2D eigenvalue weighted by Gasteiger charge is 2.38. The molecule has 1 saturated carbocycles. The summed E-state index contributed by atoms with van der Waals surface area (Å²) < 4.78 is 11.4. The zero-order chi connectivity index (χ0) is 19.0. The zero-order valence-corrected chi connectivity index (χ0v) is 17.0. The molecule has 148 valence electrons. The van der Waals surface area contributed by atoms with Crippen molar-refractivity contribution in [2.45, 2.75) is 65.3 Å². The molecule has 2 heterocycles. The van der Waals surface area contributed by atoms with Crippen LogP contribution >= 0.6 is 0 Å². The Balaban J connectivity index is 1.45. The topological polar surface area (TPSA) is 38.8 Å². The summed E-state index contributed by atoms with van der Waals surface area (Å²) in [4.78, 5) is 15.4. The molecule has 1 atom stereocenters. The van der Waals surface area contributed by atoms with E-state index in [1.54, 1.807) is 0 Å². The third kappa shape index (κ3) is 3.81. The zero-order valence-electron chi connectivity index (χ0n) is 17.0. The molecule has 1 unspecified atom stereocenters. The normalized spacial score (nSPS) is 28.3. The van der Waals surface area contributed by atoms with Crippen molar-refractivity contribution in [1.29, 1.82) is 0 Å². The fraction of sp³-hybridized carbons (Fsp3) is 0.696. The van der Waals surface area contributed by atoms with Crippen LogP contribution in [0.25, 0.3) is 0 Å². The first-order chi connectivity index (χ1) is 12.9. The van der Waals surface area contributed by atoms with Crippen LogP contribution in [0.4, 0.5) is 0 Å². The molecule has 1 aromatic carbocycles. The van der Waals surface area contributed by atoms with Gasteiger partial charge in [-0.15, -0.1) is 0 Å². The number of hydrogen-bond donors (Lipinski definition) is 0. The summed E-state index contributed by atoms with van der Waals surface area (Å²) in [6, 6.07) is 6.38. The van der Waals surface area contributed by atoms with Crippen molar-refractivity contribution >= 4 is 5.91 Å². The molecule has 1 aromatic rings. The number of ether oxygens (including phenoxy) is 2. The van der Waals surface area contributed by atoms with Crippen LogP contribution in [-0.2, 0) is 4.79 Å². The van der Waals surface area contributed by atoms with E-state index in [1.165, 1.54) is 18.4 Å². The summed E-state index contributed by atoms with van der Waals surface area (Å²) in [7, 11) is 0. The summed E-state index contributed by atoms with van der Waals surface area (Å²) >= 11 is 0. The second-order valence-electron chi connectivity index (χ2n) is 9.51. The Morgan fingerprint density at radius 2 is 1.70 bits per heavy atom. The van der Waals surface area contributed by atoms with Gasteiger partial charge in [-0.2, -0.15) is 0 Å². The minimum Gasteiger partial charge on any atom is -0.486 e. The van der Waals surface area contributed by atoms with Gasteiger partial charge in [0.1, 0.15) is 13.2 Å². The van der Waals surface area contributed by atoms with Crippen LogP contribution < -0.4 is 9.47 Å². The van der Waals surface area contributed by atoms with Crippen LogP contribution in [0, 0.1) is 17.3 Å². The van der Waals surface area contributed by atoms with Crippen LogP contribution in [0.3, 0.4) is 0 Å². The van der Waals surface area contributed by atoms with Crippen molar-refractivity contribution in [1.82, 2.24) is 4.90 Å². The highest BCUT2D eigenvalue weighted by atomic mass is 16.6. The number of fused-ring (bicyclic) bond motifs is 1. The Hall–Kier alpha value is -1.71. The lowest BCUT2D eigenvalue weighted by Crippen LogP contribution is -2.38. The van der Waals surface area contributed by atoms with Gasteiger partial charge in [-0.3, -0.25) is 4.79 Å². The maximum atomic E-state index is 13.3. The van der Waals surface area contributed by atoms with Gasteiger partial charge in [0.25, 0.3) is 0 Å². The third-order valence-corrected chi connectivity index (χ3v) is 6.79. The van der Waals surface area contributed by atoms with Gasteiger partial charge in [0.2, 0.25) is 5.91 Å². The Morgan fingerprint density at radius 1 is 1.00 bits per heavy atom. The number of likely N-dealkylation sites (tertiary alicyclic amines) is 1. The molecule has 0 radical (unpaired) electrons. The van der Waals surface area contributed by atoms with Crippen molar-refractivity contribution in [2.24, 2.45) is 17.3 Å². The van der Waals surface area contributed by atoms with Crippen molar-refractivity contribution < 1.29 is 14.3 Å². The van der Waals surface area contributed by atoms with E-state index in [1.807, 2.05) is 6.07 Å². The van der Waals surface area contributed by atoms with Gasteiger partial charge < -0.3 is 14.4 Å². The number of amides is 1. The first-order valence-corrected chi connectivity index (χ1v) is 10.6. The SMILES string of the molecule is CC(C)(C)C1CCC(C(=O)N2CCCC2c2ccc3c(c2)OCCO3)CC1. The summed E-state index contributed by atoms with van der Waals surface area (Å²) in [5.74, 6) is 2.97. The predicted octanol–water partition coefficient (Wildman–Crippen LogP) is 4.97. The van der Waals surface area contributed by atoms with E-state index in [0.717, 1.165) is 49.6 Å². The van der Waals surface area contributed by atoms with Gasteiger partial charge in [-0.05, 0) is 67.6 Å². The number of rotatable bonds is 2. The monoisotopic (exact) mass is 371 g/mol. The molecule has 1 saturated heterocycles. The standard InChI is InChI=1S/C23H33NO3/c1-23(2,3)18-9-6-16(7-10-18)22(25)24-12-4-5-19(24)17-8-11-20-21(15-17)27-14-13-26-20/h8,11,15-16,18-19H,4-7,9-10,12-14H2,1-3H3. The number of nitrogens with zero attached hydrogens (tertiary/aromatic N) is 1. The number of carbonyl (C=O) groups is 1. The summed E-state index contributed by atoms with van der Waals surface area (Å²) in [6.07, 6.45) is 6.59. The molecular formula is C23H33NO3. The van der Waals surface area contributed by atoms with Gasteiger partial charge in [0.15, 0.2) is 11.5 Å². The molecule has 0 spiro atoms. The van der Waals surface area contributed by atoms with Gasteiger partial charge >= 0.3 is 0 Å². The van der Waals surface area contributed by atoms with Crippen molar-refractivity contribution in [3.05, 3.63) is 23.8 Å². The number of carbonyl (C=O) groups excluding carboxylic acids is 1. The van der Waals surface area contributed by atoms with Crippen LogP contribution in [-0.4, -0.2) is 30.6 Å². The molecule has 4 rings (SSSR count). The molecule has 2 aliphatic heterocycles. The van der Waals surface area contributed by atoms with Gasteiger partial charge in [-0.25, -0.2) is 0 Å². The second kappa shape index (κ2) is 7.37. The Morgan fingerprint density at radius 3 is 2.41 bits per heavy atom. The summed E-state index contributed by atoms with van der Waals surface area (Å²) in [6.45, 7) is 9.09. The van der Waals surface area contributed by atoms with Crippen LogP contribution in [0.5, 0.6) is 11.5 Å². The predicted molar refractivity (Wildman–Crippen MR) is 106 cm³/mol. The number of hydrogen-bond acceptors (Lipinski definition) is 3. The van der Waals surface area contributed by atoms with E-state index < -0.39 is 0 Å². The lowest BCUT2D eigenvalue weighted by molar-refractivity contribution is -0.138. The van der Waals surface area contributed by atoms with E-state index in [9.17, 15) is 4.79 Å². The van der Waals surface area contributed by atoms with Gasteiger partial charge in [-0.1, -0.05) is 26.8 Å². The van der Waals surface area contributed by atoms with E-state index in [0.29, 0.717) is 24.5 Å². The van der Waals surface area contributed by atoms with Crippen molar-refractivity contribution in [3.8, 4) is 11.5 Å². The first kappa shape index (κ1) is 18.6. The average Bonchev–Trinajstić information content (AvgIpc) is 3.16.